The molecule has 1 saturated heterocycles. The van der Waals surface area contributed by atoms with E-state index in [1.54, 1.807) is 0 Å². The molecule has 0 spiro atoms. The van der Waals surface area contributed by atoms with Crippen molar-refractivity contribution in [3.8, 4) is 0 Å². The van der Waals surface area contributed by atoms with Gasteiger partial charge in [-0.25, -0.2) is 4.98 Å². The molecule has 0 unspecified atom stereocenters. The van der Waals surface area contributed by atoms with Crippen LogP contribution in [0.2, 0.25) is 0 Å². The van der Waals surface area contributed by atoms with Crippen LogP contribution in [0.3, 0.4) is 0 Å². The third-order valence-electron chi connectivity index (χ3n) is 4.49. The third-order valence-corrected chi connectivity index (χ3v) is 4.49. The second kappa shape index (κ2) is 7.45. The topological polar surface area (TPSA) is 56.3 Å². The molecule has 0 bridgehead atoms. The van der Waals surface area contributed by atoms with Crippen molar-refractivity contribution < 1.29 is 0 Å². The first kappa shape index (κ1) is 16.5. The summed E-state index contributed by atoms with van der Waals surface area (Å²) < 4.78 is 0. The fraction of sp³-hybridized carbons (Fsp3) is 0.765. The summed E-state index contributed by atoms with van der Waals surface area (Å²) in [6.07, 6.45) is 2.53. The highest BCUT2D eigenvalue weighted by Crippen LogP contribution is 2.39. The number of hydrogen-bond acceptors (Lipinski definition) is 6. The van der Waals surface area contributed by atoms with Gasteiger partial charge in [0.1, 0.15) is 5.82 Å². The average Bonchev–Trinajstić information content (AvgIpc) is 3.33. The predicted octanol–water partition coefficient (Wildman–Crippen LogP) is 1.83. The summed E-state index contributed by atoms with van der Waals surface area (Å²) in [5, 5.41) is 6.83. The third kappa shape index (κ3) is 5.04. The molecule has 0 aromatic carbocycles. The van der Waals surface area contributed by atoms with Gasteiger partial charge in [0.05, 0.1) is 5.69 Å². The summed E-state index contributed by atoms with van der Waals surface area (Å²) in [6, 6.07) is 2.48. The molecule has 2 aliphatic rings. The summed E-state index contributed by atoms with van der Waals surface area (Å²) in [4.78, 5) is 14.2. The predicted molar refractivity (Wildman–Crippen MR) is 95.2 cm³/mol. The number of nitrogens with one attached hydrogen (secondary N) is 2. The second-order valence-electron chi connectivity index (χ2n) is 7.15. The maximum absolute atomic E-state index is 4.66. The van der Waals surface area contributed by atoms with Gasteiger partial charge in [0.25, 0.3) is 0 Å². The Bertz CT molecular complexity index is 506. The quantitative estimate of drug-likeness (QED) is 0.800. The molecule has 0 radical (unpaired) electrons. The Morgan fingerprint density at radius 1 is 1.17 bits per heavy atom. The first-order valence-electron chi connectivity index (χ1n) is 8.90. The van der Waals surface area contributed by atoms with Crippen molar-refractivity contribution in [1.82, 2.24) is 19.8 Å². The van der Waals surface area contributed by atoms with Gasteiger partial charge in [-0.2, -0.15) is 4.98 Å². The zero-order valence-electron chi connectivity index (χ0n) is 14.7. The number of piperazine rings is 1. The molecule has 1 aromatic heterocycles. The molecule has 2 N–H and O–H groups in total. The van der Waals surface area contributed by atoms with E-state index >= 15 is 0 Å². The monoisotopic (exact) mass is 318 g/mol. The number of likely N-dealkylation sites (N-methyl/N-ethyl adjacent to an activating group) is 1. The largest absolute Gasteiger partial charge is 0.369 e. The Hall–Kier alpha value is -1.40. The van der Waals surface area contributed by atoms with E-state index in [0.29, 0.717) is 12.0 Å². The summed E-state index contributed by atoms with van der Waals surface area (Å²) in [6.45, 7) is 10.9. The van der Waals surface area contributed by atoms with Crippen molar-refractivity contribution in [2.24, 2.45) is 0 Å². The molecule has 1 aromatic rings. The van der Waals surface area contributed by atoms with Crippen molar-refractivity contribution in [3.63, 3.8) is 0 Å². The SMILES string of the molecule is CC(C)Nc1nc(NCCN2CCN(C)CC2)cc(C2CC2)n1. The van der Waals surface area contributed by atoms with E-state index in [1.165, 1.54) is 31.6 Å². The van der Waals surface area contributed by atoms with E-state index in [4.69, 9.17) is 0 Å². The van der Waals surface area contributed by atoms with Crippen LogP contribution in [0.1, 0.15) is 38.3 Å². The number of anilines is 2. The Kier molecular flexibility index (Phi) is 5.33. The molecule has 1 aliphatic carbocycles. The van der Waals surface area contributed by atoms with Crippen molar-refractivity contribution in [3.05, 3.63) is 11.8 Å². The lowest BCUT2D eigenvalue weighted by Crippen LogP contribution is -2.45. The average molecular weight is 318 g/mol. The number of rotatable bonds is 7. The lowest BCUT2D eigenvalue weighted by atomic mass is 10.2. The second-order valence-corrected chi connectivity index (χ2v) is 7.15. The number of hydrogen-bond donors (Lipinski definition) is 2. The molecule has 128 valence electrons. The van der Waals surface area contributed by atoms with E-state index < -0.39 is 0 Å². The van der Waals surface area contributed by atoms with Crippen LogP contribution in [0.5, 0.6) is 0 Å². The summed E-state index contributed by atoms with van der Waals surface area (Å²) in [7, 11) is 2.19. The van der Waals surface area contributed by atoms with Gasteiger partial charge in [-0.3, -0.25) is 4.90 Å². The molecular formula is C17H30N6. The Labute approximate surface area is 139 Å². The maximum atomic E-state index is 4.66. The lowest BCUT2D eigenvalue weighted by molar-refractivity contribution is 0.158. The minimum absolute atomic E-state index is 0.350. The zero-order chi connectivity index (χ0) is 16.2. The molecular weight excluding hydrogens is 288 g/mol. The molecule has 6 nitrogen and oxygen atoms in total. The number of nitrogens with zero attached hydrogens (tertiary/aromatic N) is 4. The molecule has 1 aliphatic heterocycles. The van der Waals surface area contributed by atoms with Gasteiger partial charge in [-0.15, -0.1) is 0 Å². The molecule has 23 heavy (non-hydrogen) atoms. The molecule has 6 heteroatoms. The Morgan fingerprint density at radius 3 is 2.57 bits per heavy atom. The van der Waals surface area contributed by atoms with Gasteiger partial charge in [-0.05, 0) is 33.7 Å². The fourth-order valence-electron chi connectivity index (χ4n) is 2.88. The Morgan fingerprint density at radius 2 is 1.91 bits per heavy atom. The standard InChI is InChI=1S/C17H30N6/c1-13(2)19-17-20-15(14-4-5-14)12-16(21-17)18-6-7-23-10-8-22(3)9-11-23/h12-14H,4-11H2,1-3H3,(H2,18,19,20,21). The van der Waals surface area contributed by atoms with Gasteiger partial charge in [0, 0.05) is 57.3 Å². The lowest BCUT2D eigenvalue weighted by Gasteiger charge is -2.32. The molecule has 1 saturated carbocycles. The summed E-state index contributed by atoms with van der Waals surface area (Å²) in [5.41, 5.74) is 1.19. The van der Waals surface area contributed by atoms with E-state index in [9.17, 15) is 0 Å². The minimum Gasteiger partial charge on any atom is -0.369 e. The van der Waals surface area contributed by atoms with E-state index in [2.05, 4.69) is 57.4 Å². The van der Waals surface area contributed by atoms with Crippen LogP contribution in [0.4, 0.5) is 11.8 Å². The zero-order valence-corrected chi connectivity index (χ0v) is 14.7. The normalized spacial score (nSPS) is 20.0. The van der Waals surface area contributed by atoms with Crippen LogP contribution < -0.4 is 10.6 Å². The van der Waals surface area contributed by atoms with E-state index in [1.807, 2.05) is 0 Å². The smallest absolute Gasteiger partial charge is 0.225 e. The Balaban J connectivity index is 1.54. The first-order chi connectivity index (χ1) is 11.1. The van der Waals surface area contributed by atoms with Crippen molar-refractivity contribution in [1.29, 1.82) is 0 Å². The van der Waals surface area contributed by atoms with E-state index in [0.717, 1.165) is 37.9 Å². The molecule has 0 atom stereocenters. The minimum atomic E-state index is 0.350. The molecule has 2 fully saturated rings. The van der Waals surface area contributed by atoms with Crippen molar-refractivity contribution >= 4 is 11.8 Å². The molecule has 2 heterocycles. The number of aromatic nitrogens is 2. The van der Waals surface area contributed by atoms with Crippen molar-refractivity contribution in [2.45, 2.75) is 38.6 Å². The van der Waals surface area contributed by atoms with Gasteiger partial charge < -0.3 is 15.5 Å². The maximum Gasteiger partial charge on any atom is 0.225 e. The van der Waals surface area contributed by atoms with Crippen LogP contribution in [0, 0.1) is 0 Å². The van der Waals surface area contributed by atoms with Gasteiger partial charge >= 0.3 is 0 Å². The summed E-state index contributed by atoms with van der Waals surface area (Å²) in [5.74, 6) is 2.36. The van der Waals surface area contributed by atoms with Crippen LogP contribution in [-0.4, -0.2) is 72.1 Å². The highest BCUT2D eigenvalue weighted by molar-refractivity contribution is 5.44. The molecule has 0 amide bonds. The fourth-order valence-corrected chi connectivity index (χ4v) is 2.88. The van der Waals surface area contributed by atoms with Gasteiger partial charge in [-0.1, -0.05) is 0 Å². The highest BCUT2D eigenvalue weighted by atomic mass is 15.3. The van der Waals surface area contributed by atoms with Crippen LogP contribution in [-0.2, 0) is 0 Å². The van der Waals surface area contributed by atoms with Gasteiger partial charge in [0.2, 0.25) is 5.95 Å². The highest BCUT2D eigenvalue weighted by Gasteiger charge is 2.26. The van der Waals surface area contributed by atoms with Crippen LogP contribution in [0.15, 0.2) is 6.07 Å². The van der Waals surface area contributed by atoms with E-state index in [-0.39, 0.29) is 0 Å². The van der Waals surface area contributed by atoms with Crippen LogP contribution in [0.25, 0.3) is 0 Å². The van der Waals surface area contributed by atoms with Crippen LogP contribution >= 0.6 is 0 Å². The summed E-state index contributed by atoms with van der Waals surface area (Å²) >= 11 is 0. The van der Waals surface area contributed by atoms with Crippen molar-refractivity contribution in [2.75, 3.05) is 56.9 Å². The van der Waals surface area contributed by atoms with Gasteiger partial charge in [0.15, 0.2) is 0 Å². The molecule has 3 rings (SSSR count). The first-order valence-corrected chi connectivity index (χ1v) is 8.90.